The first-order valence-electron chi connectivity index (χ1n) is 8.03. The maximum absolute atomic E-state index is 12.9. The molecule has 2 aliphatic rings. The van der Waals surface area contributed by atoms with E-state index in [4.69, 9.17) is 0 Å². The molecule has 1 N–H and O–H groups in total. The number of aromatic nitrogens is 1. The molecular formula is C16H22N2O3S. The van der Waals surface area contributed by atoms with E-state index in [1.54, 1.807) is 4.90 Å². The fourth-order valence-corrected chi connectivity index (χ4v) is 5.06. The zero-order valence-electron chi connectivity index (χ0n) is 13.0. The van der Waals surface area contributed by atoms with Gasteiger partial charge in [0.05, 0.1) is 10.7 Å². The van der Waals surface area contributed by atoms with Gasteiger partial charge in [0.1, 0.15) is 10.9 Å². The number of carboxylic acid groups (broad SMARTS) is 1. The number of carbonyl (C=O) groups is 2. The Morgan fingerprint density at radius 3 is 2.86 bits per heavy atom. The van der Waals surface area contributed by atoms with Crippen LogP contribution in [-0.4, -0.2) is 39.5 Å². The van der Waals surface area contributed by atoms with E-state index in [0.717, 1.165) is 42.8 Å². The second-order valence-corrected chi connectivity index (χ2v) is 7.45. The summed E-state index contributed by atoms with van der Waals surface area (Å²) in [6.07, 6.45) is 4.91. The first-order chi connectivity index (χ1) is 10.5. The van der Waals surface area contributed by atoms with Gasteiger partial charge in [-0.25, -0.2) is 9.78 Å². The highest BCUT2D eigenvalue weighted by Crippen LogP contribution is 2.43. The van der Waals surface area contributed by atoms with Crippen molar-refractivity contribution >= 4 is 23.2 Å². The summed E-state index contributed by atoms with van der Waals surface area (Å²) in [6, 6.07) is -0.656. The highest BCUT2D eigenvalue weighted by atomic mass is 32.1. The second kappa shape index (κ2) is 5.99. The summed E-state index contributed by atoms with van der Waals surface area (Å²) in [6.45, 7) is 4.51. The topological polar surface area (TPSA) is 70.5 Å². The highest BCUT2D eigenvalue weighted by molar-refractivity contribution is 7.13. The first-order valence-corrected chi connectivity index (χ1v) is 8.84. The normalized spacial score (nSPS) is 27.2. The molecule has 120 valence electrons. The number of aryl methyl sites for hydroxylation is 2. The molecule has 3 unspecified atom stereocenters. The molecule has 5 nitrogen and oxygen atoms in total. The molecule has 1 saturated heterocycles. The fourth-order valence-electron chi connectivity index (χ4n) is 3.93. The van der Waals surface area contributed by atoms with E-state index in [0.29, 0.717) is 17.3 Å². The van der Waals surface area contributed by atoms with Crippen molar-refractivity contribution < 1.29 is 14.7 Å². The number of hydrogen-bond acceptors (Lipinski definition) is 4. The Labute approximate surface area is 134 Å². The van der Waals surface area contributed by atoms with Crippen molar-refractivity contribution in [3.63, 3.8) is 0 Å². The van der Waals surface area contributed by atoms with Crippen molar-refractivity contribution in [3.8, 4) is 0 Å². The molecule has 1 amide bonds. The number of amides is 1. The quantitative estimate of drug-likeness (QED) is 0.925. The van der Waals surface area contributed by atoms with Crippen molar-refractivity contribution in [3.05, 3.63) is 15.6 Å². The van der Waals surface area contributed by atoms with Crippen LogP contribution in [0.15, 0.2) is 0 Å². The Bertz CT molecular complexity index is 598. The molecule has 1 aliphatic carbocycles. The van der Waals surface area contributed by atoms with Gasteiger partial charge in [0, 0.05) is 6.54 Å². The summed E-state index contributed by atoms with van der Waals surface area (Å²) in [5.74, 6) is -0.518. The molecule has 1 aliphatic heterocycles. The van der Waals surface area contributed by atoms with Gasteiger partial charge in [-0.05, 0) is 44.4 Å². The summed E-state index contributed by atoms with van der Waals surface area (Å²) >= 11 is 1.43. The zero-order chi connectivity index (χ0) is 15.9. The lowest BCUT2D eigenvalue weighted by Gasteiger charge is -2.24. The number of rotatable bonds is 4. The van der Waals surface area contributed by atoms with E-state index in [9.17, 15) is 14.7 Å². The Balaban J connectivity index is 1.86. The molecule has 1 saturated carbocycles. The molecule has 1 aromatic heterocycles. The summed E-state index contributed by atoms with van der Waals surface area (Å²) in [7, 11) is 0. The number of hydrogen-bond donors (Lipinski definition) is 1. The standard InChI is InChI=1S/C16H22N2O3S/c1-3-5-12-17-9(2)14(22-12)15(19)18-8-10-6-4-7-11(10)13(18)16(20)21/h10-11,13H,3-8H2,1-2H3,(H,20,21). The van der Waals surface area contributed by atoms with Crippen molar-refractivity contribution in [2.75, 3.05) is 6.54 Å². The van der Waals surface area contributed by atoms with Gasteiger partial charge in [-0.15, -0.1) is 11.3 Å². The van der Waals surface area contributed by atoms with Crippen LogP contribution in [0.5, 0.6) is 0 Å². The first kappa shape index (κ1) is 15.5. The minimum atomic E-state index is -0.862. The van der Waals surface area contributed by atoms with Crippen LogP contribution in [0, 0.1) is 18.8 Å². The van der Waals surface area contributed by atoms with E-state index < -0.39 is 12.0 Å². The van der Waals surface area contributed by atoms with Crippen LogP contribution in [0.3, 0.4) is 0 Å². The van der Waals surface area contributed by atoms with Gasteiger partial charge in [0.15, 0.2) is 0 Å². The summed E-state index contributed by atoms with van der Waals surface area (Å²) in [5.41, 5.74) is 0.736. The van der Waals surface area contributed by atoms with Gasteiger partial charge in [0.2, 0.25) is 0 Å². The number of nitrogens with zero attached hydrogens (tertiary/aromatic N) is 2. The highest BCUT2D eigenvalue weighted by Gasteiger charge is 2.50. The average Bonchev–Trinajstić information content (AvgIpc) is 3.11. The van der Waals surface area contributed by atoms with Crippen LogP contribution in [0.1, 0.15) is 53.0 Å². The number of thiazole rings is 1. The molecule has 0 bridgehead atoms. The summed E-state index contributed by atoms with van der Waals surface area (Å²) < 4.78 is 0. The SMILES string of the molecule is CCCc1nc(C)c(C(=O)N2CC3CCCC3C2C(=O)O)s1. The summed E-state index contributed by atoms with van der Waals surface area (Å²) in [5, 5.41) is 10.5. The van der Waals surface area contributed by atoms with E-state index in [1.807, 2.05) is 6.92 Å². The zero-order valence-corrected chi connectivity index (χ0v) is 13.9. The van der Waals surface area contributed by atoms with Gasteiger partial charge in [-0.3, -0.25) is 4.79 Å². The maximum atomic E-state index is 12.9. The molecule has 3 atom stereocenters. The Kier molecular flexibility index (Phi) is 4.21. The van der Waals surface area contributed by atoms with E-state index in [-0.39, 0.29) is 11.8 Å². The number of carboxylic acids is 1. The summed E-state index contributed by atoms with van der Waals surface area (Å²) in [4.78, 5) is 31.2. The molecule has 22 heavy (non-hydrogen) atoms. The van der Waals surface area contributed by atoms with E-state index in [1.165, 1.54) is 11.3 Å². The van der Waals surface area contributed by atoms with Crippen LogP contribution in [0.2, 0.25) is 0 Å². The lowest BCUT2D eigenvalue weighted by atomic mass is 9.94. The van der Waals surface area contributed by atoms with Crippen LogP contribution >= 0.6 is 11.3 Å². The van der Waals surface area contributed by atoms with Gasteiger partial charge in [-0.2, -0.15) is 0 Å². The van der Waals surface area contributed by atoms with Gasteiger partial charge in [-0.1, -0.05) is 13.3 Å². The van der Waals surface area contributed by atoms with E-state index >= 15 is 0 Å². The number of fused-ring (bicyclic) bond motifs is 1. The van der Waals surface area contributed by atoms with E-state index in [2.05, 4.69) is 11.9 Å². The largest absolute Gasteiger partial charge is 0.480 e. The third kappa shape index (κ3) is 2.53. The number of aliphatic carboxylic acids is 1. The van der Waals surface area contributed by atoms with Crippen molar-refractivity contribution in [2.24, 2.45) is 11.8 Å². The maximum Gasteiger partial charge on any atom is 0.326 e. The number of carbonyl (C=O) groups excluding carboxylic acids is 1. The molecule has 6 heteroatoms. The average molecular weight is 322 g/mol. The smallest absolute Gasteiger partial charge is 0.326 e. The van der Waals surface area contributed by atoms with Crippen molar-refractivity contribution in [1.29, 1.82) is 0 Å². The molecule has 1 aromatic rings. The molecule has 2 heterocycles. The number of likely N-dealkylation sites (tertiary alicyclic amines) is 1. The van der Waals surface area contributed by atoms with Gasteiger partial charge >= 0.3 is 5.97 Å². The molecule has 2 fully saturated rings. The third-order valence-electron chi connectivity index (χ3n) is 4.90. The fraction of sp³-hybridized carbons (Fsp3) is 0.688. The predicted molar refractivity (Wildman–Crippen MR) is 84.1 cm³/mol. The third-order valence-corrected chi connectivity index (χ3v) is 6.11. The van der Waals surface area contributed by atoms with Crippen LogP contribution < -0.4 is 0 Å². The van der Waals surface area contributed by atoms with Crippen LogP contribution in [0.4, 0.5) is 0 Å². The molecule has 0 spiro atoms. The lowest BCUT2D eigenvalue weighted by Crippen LogP contribution is -2.43. The Hall–Kier alpha value is -1.43. The minimum absolute atomic E-state index is 0.129. The lowest BCUT2D eigenvalue weighted by molar-refractivity contribution is -0.142. The molecule has 3 rings (SSSR count). The molecule has 0 radical (unpaired) electrons. The Morgan fingerprint density at radius 1 is 1.41 bits per heavy atom. The van der Waals surface area contributed by atoms with Gasteiger partial charge in [0.25, 0.3) is 5.91 Å². The second-order valence-electron chi connectivity index (χ2n) is 6.37. The minimum Gasteiger partial charge on any atom is -0.480 e. The van der Waals surface area contributed by atoms with Crippen molar-refractivity contribution in [1.82, 2.24) is 9.88 Å². The predicted octanol–water partition coefficient (Wildman–Crippen LogP) is 2.73. The van der Waals surface area contributed by atoms with Crippen molar-refractivity contribution in [2.45, 2.75) is 52.0 Å². The molecule has 0 aromatic carbocycles. The van der Waals surface area contributed by atoms with Gasteiger partial charge < -0.3 is 10.0 Å². The molecular weight excluding hydrogens is 300 g/mol. The Morgan fingerprint density at radius 2 is 2.18 bits per heavy atom. The van der Waals surface area contributed by atoms with Crippen LogP contribution in [-0.2, 0) is 11.2 Å². The van der Waals surface area contributed by atoms with Crippen LogP contribution in [0.25, 0.3) is 0 Å². The monoisotopic (exact) mass is 322 g/mol.